The molecule has 2 heterocycles. The molecule has 0 bridgehead atoms. The molecule has 2 aromatic heterocycles. The Bertz CT molecular complexity index is 738. The highest BCUT2D eigenvalue weighted by Gasteiger charge is 2.22. The number of hydrogen-bond acceptors (Lipinski definition) is 5. The molecule has 0 spiro atoms. The number of nitrogens with zero attached hydrogens (tertiary/aromatic N) is 2. The fourth-order valence-corrected chi connectivity index (χ4v) is 3.65. The number of carbonyl (C=O) groups excluding carboxylic acids is 1. The van der Waals surface area contributed by atoms with Gasteiger partial charge in [0.15, 0.2) is 5.16 Å². The maximum absolute atomic E-state index is 12.4. The minimum Gasteiger partial charge on any atom is -0.298 e. The van der Waals surface area contributed by atoms with Crippen molar-refractivity contribution in [3.8, 4) is 0 Å². The van der Waals surface area contributed by atoms with E-state index < -0.39 is 0 Å². The van der Waals surface area contributed by atoms with E-state index in [1.54, 1.807) is 16.7 Å². The van der Waals surface area contributed by atoms with Crippen LogP contribution in [0, 0.1) is 5.41 Å². The number of thiophene rings is 1. The summed E-state index contributed by atoms with van der Waals surface area (Å²) in [5.74, 6) is 0.447. The van der Waals surface area contributed by atoms with Gasteiger partial charge >= 0.3 is 0 Å². The van der Waals surface area contributed by atoms with E-state index in [4.69, 9.17) is 0 Å². The molecule has 0 aromatic carbocycles. The minimum absolute atomic E-state index is 0.0770. The molecule has 0 unspecified atom stereocenters. The number of fused-ring (bicyclic) bond motifs is 1. The molecule has 0 amide bonds. The van der Waals surface area contributed by atoms with Crippen LogP contribution < -0.4 is 5.56 Å². The molecule has 0 aliphatic carbocycles. The summed E-state index contributed by atoms with van der Waals surface area (Å²) in [5, 5.41) is 3.05. The zero-order chi connectivity index (χ0) is 15.6. The SMILES string of the molecule is C=CCn1c(SCC(=O)C(C)(C)C)nc2sccc2c1=O. The number of carbonyl (C=O) groups is 1. The second kappa shape index (κ2) is 6.15. The van der Waals surface area contributed by atoms with Gasteiger partial charge in [0, 0.05) is 12.0 Å². The summed E-state index contributed by atoms with van der Waals surface area (Å²) in [7, 11) is 0. The maximum Gasteiger partial charge on any atom is 0.263 e. The second-order valence-corrected chi connectivity index (χ2v) is 7.54. The number of allylic oxidation sites excluding steroid dienone is 1. The number of ketones is 1. The molecule has 0 saturated heterocycles. The topological polar surface area (TPSA) is 52.0 Å². The molecular formula is C15H18N2O2S2. The highest BCUT2D eigenvalue weighted by molar-refractivity contribution is 7.99. The van der Waals surface area contributed by atoms with Crippen molar-refractivity contribution in [3.05, 3.63) is 34.5 Å². The first-order valence-electron chi connectivity index (χ1n) is 6.59. The van der Waals surface area contributed by atoms with Crippen LogP contribution in [0.15, 0.2) is 34.1 Å². The van der Waals surface area contributed by atoms with Gasteiger partial charge in [-0.2, -0.15) is 0 Å². The first-order chi connectivity index (χ1) is 9.84. The lowest BCUT2D eigenvalue weighted by Crippen LogP contribution is -2.25. The highest BCUT2D eigenvalue weighted by Crippen LogP contribution is 2.24. The standard InChI is InChI=1S/C15H18N2O2S2/c1-5-7-17-13(19)10-6-8-20-12(10)16-14(17)21-9-11(18)15(2,3)4/h5-6,8H,1,7,9H2,2-4H3. The molecule has 2 rings (SSSR count). The zero-order valence-electron chi connectivity index (χ0n) is 12.4. The molecule has 0 N–H and O–H groups in total. The smallest absolute Gasteiger partial charge is 0.263 e. The molecule has 6 heteroatoms. The third-order valence-electron chi connectivity index (χ3n) is 3.03. The van der Waals surface area contributed by atoms with Crippen LogP contribution in [-0.4, -0.2) is 21.1 Å². The number of thioether (sulfide) groups is 1. The number of aromatic nitrogens is 2. The van der Waals surface area contributed by atoms with Crippen LogP contribution in [0.5, 0.6) is 0 Å². The van der Waals surface area contributed by atoms with Crippen LogP contribution in [0.25, 0.3) is 10.2 Å². The van der Waals surface area contributed by atoms with Gasteiger partial charge in [-0.05, 0) is 11.4 Å². The van der Waals surface area contributed by atoms with Gasteiger partial charge in [0.25, 0.3) is 5.56 Å². The molecule has 4 nitrogen and oxygen atoms in total. The summed E-state index contributed by atoms with van der Waals surface area (Å²) in [4.78, 5) is 29.7. The number of rotatable bonds is 5. The Kier molecular flexibility index (Phi) is 4.68. The van der Waals surface area contributed by atoms with Gasteiger partial charge in [-0.15, -0.1) is 17.9 Å². The summed E-state index contributed by atoms with van der Waals surface area (Å²) in [6.45, 7) is 9.75. The fourth-order valence-electron chi connectivity index (χ4n) is 1.68. The molecule has 2 aromatic rings. The van der Waals surface area contributed by atoms with Gasteiger partial charge in [0.2, 0.25) is 0 Å². The summed E-state index contributed by atoms with van der Waals surface area (Å²) in [6.07, 6.45) is 1.66. The summed E-state index contributed by atoms with van der Waals surface area (Å²) >= 11 is 2.75. The fraction of sp³-hybridized carbons (Fsp3) is 0.400. The Morgan fingerprint density at radius 3 is 2.86 bits per heavy atom. The van der Waals surface area contributed by atoms with Gasteiger partial charge < -0.3 is 0 Å². The third kappa shape index (κ3) is 3.44. The van der Waals surface area contributed by atoms with Gasteiger partial charge in [-0.3, -0.25) is 14.2 Å². The van der Waals surface area contributed by atoms with E-state index in [0.29, 0.717) is 27.7 Å². The van der Waals surface area contributed by atoms with E-state index in [0.717, 1.165) is 0 Å². The van der Waals surface area contributed by atoms with Crippen molar-refractivity contribution in [2.24, 2.45) is 5.41 Å². The van der Waals surface area contributed by atoms with Crippen molar-refractivity contribution in [1.82, 2.24) is 9.55 Å². The lowest BCUT2D eigenvalue weighted by atomic mass is 9.92. The maximum atomic E-state index is 12.4. The van der Waals surface area contributed by atoms with E-state index in [-0.39, 0.29) is 16.8 Å². The zero-order valence-corrected chi connectivity index (χ0v) is 14.0. The summed E-state index contributed by atoms with van der Waals surface area (Å²) in [6, 6.07) is 1.78. The van der Waals surface area contributed by atoms with Crippen molar-refractivity contribution >= 4 is 39.1 Å². The molecule has 0 aliphatic heterocycles. The van der Waals surface area contributed by atoms with Crippen molar-refractivity contribution in [3.63, 3.8) is 0 Å². The minimum atomic E-state index is -0.385. The average Bonchev–Trinajstić information content (AvgIpc) is 2.87. The molecule has 0 radical (unpaired) electrons. The van der Waals surface area contributed by atoms with Gasteiger partial charge in [-0.25, -0.2) is 4.98 Å². The average molecular weight is 322 g/mol. The predicted molar refractivity (Wildman–Crippen MR) is 89.3 cm³/mol. The van der Waals surface area contributed by atoms with Gasteiger partial charge in [0.1, 0.15) is 10.6 Å². The van der Waals surface area contributed by atoms with Crippen molar-refractivity contribution in [2.75, 3.05) is 5.75 Å². The molecule has 0 fully saturated rings. The highest BCUT2D eigenvalue weighted by atomic mass is 32.2. The summed E-state index contributed by atoms with van der Waals surface area (Å²) < 4.78 is 1.57. The Hall–Kier alpha value is -1.40. The molecule has 0 aliphatic rings. The van der Waals surface area contributed by atoms with Gasteiger partial charge in [-0.1, -0.05) is 38.6 Å². The van der Waals surface area contributed by atoms with Crippen LogP contribution in [0.2, 0.25) is 0 Å². The second-order valence-electron chi connectivity index (χ2n) is 5.70. The molecule has 112 valence electrons. The molecular weight excluding hydrogens is 304 g/mol. The van der Waals surface area contributed by atoms with Crippen LogP contribution in [0.1, 0.15) is 20.8 Å². The largest absolute Gasteiger partial charge is 0.298 e. The van der Waals surface area contributed by atoms with Crippen molar-refractivity contribution in [1.29, 1.82) is 0 Å². The predicted octanol–water partition coefficient (Wildman–Crippen LogP) is 3.35. The van der Waals surface area contributed by atoms with E-state index in [9.17, 15) is 9.59 Å². The Morgan fingerprint density at radius 1 is 1.52 bits per heavy atom. The Labute approximate surface area is 131 Å². The van der Waals surface area contributed by atoms with Crippen molar-refractivity contribution in [2.45, 2.75) is 32.5 Å². The Balaban J connectivity index is 2.38. The molecule has 21 heavy (non-hydrogen) atoms. The normalized spacial score (nSPS) is 11.8. The monoisotopic (exact) mass is 322 g/mol. The van der Waals surface area contributed by atoms with Gasteiger partial charge in [0.05, 0.1) is 11.1 Å². The first kappa shape index (κ1) is 16.0. The first-order valence-corrected chi connectivity index (χ1v) is 8.46. The van der Waals surface area contributed by atoms with E-state index in [2.05, 4.69) is 11.6 Å². The van der Waals surface area contributed by atoms with Crippen LogP contribution >= 0.6 is 23.1 Å². The molecule has 0 saturated carbocycles. The van der Waals surface area contributed by atoms with E-state index in [1.165, 1.54) is 23.1 Å². The summed E-state index contributed by atoms with van der Waals surface area (Å²) in [5.41, 5.74) is -0.462. The van der Waals surface area contributed by atoms with E-state index in [1.807, 2.05) is 26.2 Å². The third-order valence-corrected chi connectivity index (χ3v) is 4.81. The van der Waals surface area contributed by atoms with Crippen molar-refractivity contribution < 1.29 is 4.79 Å². The Morgan fingerprint density at radius 2 is 2.24 bits per heavy atom. The molecule has 0 atom stereocenters. The number of Topliss-reactive ketones (excluding diaryl/α,β-unsaturated/α-hetero) is 1. The van der Waals surface area contributed by atoms with Crippen LogP contribution in [-0.2, 0) is 11.3 Å². The van der Waals surface area contributed by atoms with Crippen LogP contribution in [0.3, 0.4) is 0 Å². The number of hydrogen-bond donors (Lipinski definition) is 0. The quantitative estimate of drug-likeness (QED) is 0.481. The lowest BCUT2D eigenvalue weighted by Gasteiger charge is -2.16. The van der Waals surface area contributed by atoms with E-state index >= 15 is 0 Å². The lowest BCUT2D eigenvalue weighted by molar-refractivity contribution is -0.123. The van der Waals surface area contributed by atoms with Crippen LogP contribution in [0.4, 0.5) is 0 Å².